The lowest BCUT2D eigenvalue weighted by atomic mass is 9.99. The summed E-state index contributed by atoms with van der Waals surface area (Å²) in [5.74, 6) is -0.280. The van der Waals surface area contributed by atoms with Crippen LogP contribution in [0.5, 0.6) is 0 Å². The van der Waals surface area contributed by atoms with Crippen molar-refractivity contribution in [2.45, 2.75) is 0 Å². The van der Waals surface area contributed by atoms with Gasteiger partial charge < -0.3 is 13.7 Å². The smallest absolute Gasteiger partial charge is 0.137 e. The number of hydrogen-bond acceptors (Lipinski definition) is 3. The monoisotopic (exact) mass is 543 g/mol. The summed E-state index contributed by atoms with van der Waals surface area (Å²) in [6, 6.07) is 44.6. The van der Waals surface area contributed by atoms with Gasteiger partial charge in [0.1, 0.15) is 28.1 Å². The van der Waals surface area contributed by atoms with Crippen LogP contribution in [0.15, 0.2) is 142 Å². The van der Waals surface area contributed by atoms with Crippen molar-refractivity contribution in [2.75, 3.05) is 4.90 Å². The summed E-state index contributed by atoms with van der Waals surface area (Å²) in [6.45, 7) is 0. The first-order chi connectivity index (χ1) is 20.7. The highest BCUT2D eigenvalue weighted by atomic mass is 19.1. The van der Waals surface area contributed by atoms with Crippen LogP contribution in [0.25, 0.3) is 65.4 Å². The molecule has 42 heavy (non-hydrogen) atoms. The van der Waals surface area contributed by atoms with Crippen LogP contribution in [0, 0.1) is 5.82 Å². The average Bonchev–Trinajstić information content (AvgIpc) is 3.58. The normalized spacial score (nSPS) is 11.9. The van der Waals surface area contributed by atoms with Crippen LogP contribution >= 0.6 is 0 Å². The van der Waals surface area contributed by atoms with Gasteiger partial charge in [0.2, 0.25) is 0 Å². The first-order valence-electron chi connectivity index (χ1n) is 13.9. The second kappa shape index (κ2) is 8.69. The Morgan fingerprint density at radius 3 is 1.74 bits per heavy atom. The van der Waals surface area contributed by atoms with Crippen molar-refractivity contribution >= 4 is 82.5 Å². The van der Waals surface area contributed by atoms with E-state index in [2.05, 4.69) is 89.8 Å². The Morgan fingerprint density at radius 1 is 0.405 bits per heavy atom. The van der Waals surface area contributed by atoms with Crippen LogP contribution in [0.1, 0.15) is 0 Å². The van der Waals surface area contributed by atoms with E-state index in [9.17, 15) is 4.39 Å². The molecule has 9 aromatic rings. The molecule has 9 rings (SSSR count). The maximum atomic E-state index is 14.1. The van der Waals surface area contributed by atoms with Crippen molar-refractivity contribution in [3.8, 4) is 0 Å². The Hall–Kier alpha value is -5.61. The van der Waals surface area contributed by atoms with Gasteiger partial charge in [0.05, 0.1) is 5.69 Å². The minimum atomic E-state index is -0.280. The van der Waals surface area contributed by atoms with Gasteiger partial charge in [-0.3, -0.25) is 0 Å². The van der Waals surface area contributed by atoms with Crippen LogP contribution < -0.4 is 4.90 Å². The van der Waals surface area contributed by atoms with E-state index < -0.39 is 0 Å². The third-order valence-corrected chi connectivity index (χ3v) is 8.28. The standard InChI is InChI=1S/C38H22FNO2/c39-24-13-18-36-33(20-24)32-17-15-26(22-38(32)42-36)40(25-14-16-31-30-11-5-6-12-35(30)41-37(31)21-25)34-19-23-7-1-2-8-27(23)28-9-3-4-10-29(28)34/h1-22H. The van der Waals surface area contributed by atoms with Gasteiger partial charge in [0, 0.05) is 50.4 Å². The van der Waals surface area contributed by atoms with Crippen LogP contribution in [0.2, 0.25) is 0 Å². The molecule has 0 amide bonds. The number of para-hydroxylation sites is 1. The van der Waals surface area contributed by atoms with E-state index in [-0.39, 0.29) is 5.82 Å². The first-order valence-corrected chi connectivity index (χ1v) is 13.9. The fraction of sp³-hybridized carbons (Fsp3) is 0. The third kappa shape index (κ3) is 3.39. The molecule has 3 nitrogen and oxygen atoms in total. The summed E-state index contributed by atoms with van der Waals surface area (Å²) in [5, 5.41) is 8.49. The lowest BCUT2D eigenvalue weighted by Gasteiger charge is -2.27. The Morgan fingerprint density at radius 2 is 0.976 bits per heavy atom. The van der Waals surface area contributed by atoms with Gasteiger partial charge in [-0.05, 0) is 70.8 Å². The molecule has 0 spiro atoms. The molecular weight excluding hydrogens is 521 g/mol. The highest BCUT2D eigenvalue weighted by Gasteiger charge is 2.20. The minimum Gasteiger partial charge on any atom is -0.456 e. The van der Waals surface area contributed by atoms with E-state index in [4.69, 9.17) is 8.83 Å². The molecule has 0 aliphatic heterocycles. The van der Waals surface area contributed by atoms with Crippen molar-refractivity contribution in [1.29, 1.82) is 0 Å². The Kier molecular flexibility index (Phi) is 4.79. The van der Waals surface area contributed by atoms with Crippen molar-refractivity contribution in [3.05, 3.63) is 139 Å². The number of hydrogen-bond donors (Lipinski definition) is 0. The van der Waals surface area contributed by atoms with Gasteiger partial charge in [0.25, 0.3) is 0 Å². The van der Waals surface area contributed by atoms with Gasteiger partial charge in [0.15, 0.2) is 0 Å². The predicted octanol–water partition coefficient (Wildman–Crippen LogP) is 11.4. The number of halogens is 1. The average molecular weight is 544 g/mol. The second-order valence-electron chi connectivity index (χ2n) is 10.7. The van der Waals surface area contributed by atoms with Crippen LogP contribution in [-0.2, 0) is 0 Å². The first kappa shape index (κ1) is 23.1. The fourth-order valence-corrected chi connectivity index (χ4v) is 6.38. The Bertz CT molecular complexity index is 2500. The largest absolute Gasteiger partial charge is 0.456 e. The molecule has 0 bridgehead atoms. The molecule has 0 radical (unpaired) electrons. The quantitative estimate of drug-likeness (QED) is 0.208. The zero-order valence-electron chi connectivity index (χ0n) is 22.3. The number of furan rings is 2. The van der Waals surface area contributed by atoms with Gasteiger partial charge in [-0.2, -0.15) is 0 Å². The number of benzene rings is 7. The molecular formula is C38H22FNO2. The number of nitrogens with zero attached hydrogens (tertiary/aromatic N) is 1. The molecule has 2 heterocycles. The lowest BCUT2D eigenvalue weighted by molar-refractivity contribution is 0.626. The fourth-order valence-electron chi connectivity index (χ4n) is 6.38. The van der Waals surface area contributed by atoms with E-state index in [1.807, 2.05) is 30.3 Å². The summed E-state index contributed by atoms with van der Waals surface area (Å²) >= 11 is 0. The van der Waals surface area contributed by atoms with Gasteiger partial charge >= 0.3 is 0 Å². The summed E-state index contributed by atoms with van der Waals surface area (Å²) in [5.41, 5.74) is 5.98. The van der Waals surface area contributed by atoms with Crippen LogP contribution in [0.3, 0.4) is 0 Å². The summed E-state index contributed by atoms with van der Waals surface area (Å²) in [6.07, 6.45) is 0. The van der Waals surface area contributed by atoms with Crippen molar-refractivity contribution in [2.24, 2.45) is 0 Å². The molecule has 0 N–H and O–H groups in total. The van der Waals surface area contributed by atoms with E-state index >= 15 is 0 Å². The number of anilines is 3. The number of fused-ring (bicyclic) bond motifs is 9. The predicted molar refractivity (Wildman–Crippen MR) is 171 cm³/mol. The van der Waals surface area contributed by atoms with Crippen molar-refractivity contribution < 1.29 is 13.2 Å². The van der Waals surface area contributed by atoms with Crippen molar-refractivity contribution in [1.82, 2.24) is 0 Å². The number of rotatable bonds is 3. The molecule has 4 heteroatoms. The molecule has 0 aliphatic rings. The second-order valence-corrected chi connectivity index (χ2v) is 10.7. The third-order valence-electron chi connectivity index (χ3n) is 8.28. The highest BCUT2D eigenvalue weighted by molar-refractivity contribution is 6.15. The molecule has 0 atom stereocenters. The maximum absolute atomic E-state index is 14.1. The maximum Gasteiger partial charge on any atom is 0.137 e. The minimum absolute atomic E-state index is 0.280. The molecule has 0 saturated carbocycles. The summed E-state index contributed by atoms with van der Waals surface area (Å²) in [7, 11) is 0. The molecule has 2 aromatic heterocycles. The van der Waals surface area contributed by atoms with Crippen LogP contribution in [0.4, 0.5) is 21.5 Å². The van der Waals surface area contributed by atoms with E-state index in [0.717, 1.165) is 60.5 Å². The van der Waals surface area contributed by atoms with Gasteiger partial charge in [-0.15, -0.1) is 0 Å². The lowest BCUT2D eigenvalue weighted by Crippen LogP contribution is -2.10. The zero-order chi connectivity index (χ0) is 27.8. The SMILES string of the molecule is Fc1ccc2oc3cc(N(c4ccc5c(c4)oc4ccccc45)c4cc5ccccc5c5ccccc45)ccc3c2c1. The summed E-state index contributed by atoms with van der Waals surface area (Å²) < 4.78 is 26.7. The topological polar surface area (TPSA) is 29.5 Å². The molecule has 0 saturated heterocycles. The van der Waals surface area contributed by atoms with Crippen LogP contribution in [-0.4, -0.2) is 0 Å². The van der Waals surface area contributed by atoms with E-state index in [0.29, 0.717) is 11.2 Å². The zero-order valence-corrected chi connectivity index (χ0v) is 22.3. The van der Waals surface area contributed by atoms with Crippen molar-refractivity contribution in [3.63, 3.8) is 0 Å². The Balaban J connectivity index is 1.35. The molecule has 7 aromatic carbocycles. The van der Waals surface area contributed by atoms with E-state index in [1.165, 1.54) is 22.9 Å². The highest BCUT2D eigenvalue weighted by Crippen LogP contribution is 2.44. The molecule has 0 fully saturated rings. The molecule has 198 valence electrons. The van der Waals surface area contributed by atoms with E-state index in [1.54, 1.807) is 6.07 Å². The molecule has 0 unspecified atom stereocenters. The molecule has 0 aliphatic carbocycles. The van der Waals surface area contributed by atoms with Gasteiger partial charge in [-0.1, -0.05) is 66.7 Å². The Labute approximate surface area is 239 Å². The van der Waals surface area contributed by atoms with Gasteiger partial charge in [-0.25, -0.2) is 4.39 Å². The summed E-state index contributed by atoms with van der Waals surface area (Å²) in [4.78, 5) is 2.26.